The number of piperazine rings is 1. The van der Waals surface area contributed by atoms with Gasteiger partial charge in [0.1, 0.15) is 0 Å². The van der Waals surface area contributed by atoms with Gasteiger partial charge in [-0.1, -0.05) is 13.0 Å². The average Bonchev–Trinajstić information content (AvgIpc) is 3.04. The van der Waals surface area contributed by atoms with E-state index in [1.54, 1.807) is 6.92 Å². The van der Waals surface area contributed by atoms with Crippen LogP contribution in [0.4, 0.5) is 0 Å². The predicted molar refractivity (Wildman–Crippen MR) is 101 cm³/mol. The lowest BCUT2D eigenvalue weighted by atomic mass is 10.1. The molecule has 7 heteroatoms. The van der Waals surface area contributed by atoms with Gasteiger partial charge < -0.3 is 14.4 Å². The molecule has 1 saturated heterocycles. The fraction of sp³-hybridized carbons (Fsp3) is 0.550. The van der Waals surface area contributed by atoms with Gasteiger partial charge in [-0.05, 0) is 32.4 Å². The van der Waals surface area contributed by atoms with E-state index in [0.717, 1.165) is 24.5 Å². The Balaban J connectivity index is 1.71. The summed E-state index contributed by atoms with van der Waals surface area (Å²) < 4.78 is 5.63. The van der Waals surface area contributed by atoms with Crippen LogP contribution in [0.25, 0.3) is 0 Å². The van der Waals surface area contributed by atoms with Gasteiger partial charge in [0.15, 0.2) is 5.89 Å². The highest BCUT2D eigenvalue weighted by atomic mass is 16.4. The number of aliphatic hydroxyl groups excluding tert-OH is 1. The molecule has 3 rings (SSSR count). The third-order valence-corrected chi connectivity index (χ3v) is 5.00. The van der Waals surface area contributed by atoms with Crippen LogP contribution in [0.15, 0.2) is 22.6 Å². The molecular formula is C20H28N4O3. The van der Waals surface area contributed by atoms with Crippen LogP contribution in [0.5, 0.6) is 0 Å². The second-order valence-electron chi connectivity index (χ2n) is 7.03. The molecule has 0 saturated carbocycles. The number of aromatic nitrogens is 2. The first-order chi connectivity index (χ1) is 13.0. The van der Waals surface area contributed by atoms with E-state index < -0.39 is 0 Å². The van der Waals surface area contributed by atoms with Gasteiger partial charge in [0.25, 0.3) is 5.91 Å². The molecule has 1 atom stereocenters. The number of amides is 1. The second-order valence-corrected chi connectivity index (χ2v) is 7.03. The summed E-state index contributed by atoms with van der Waals surface area (Å²) >= 11 is 0. The Hall–Kier alpha value is -2.25. The quantitative estimate of drug-likeness (QED) is 0.835. The molecule has 1 fully saturated rings. The van der Waals surface area contributed by atoms with Crippen molar-refractivity contribution in [1.29, 1.82) is 0 Å². The van der Waals surface area contributed by atoms with Gasteiger partial charge in [-0.15, -0.1) is 0 Å². The Morgan fingerprint density at radius 3 is 2.78 bits per heavy atom. The topological polar surface area (TPSA) is 82.7 Å². The van der Waals surface area contributed by atoms with Crippen LogP contribution in [0.1, 0.15) is 46.9 Å². The van der Waals surface area contributed by atoms with Crippen molar-refractivity contribution in [3.8, 4) is 0 Å². The van der Waals surface area contributed by atoms with E-state index in [-0.39, 0.29) is 18.6 Å². The van der Waals surface area contributed by atoms with Crippen LogP contribution in [0.3, 0.4) is 0 Å². The Bertz CT molecular complexity index is 789. The zero-order chi connectivity index (χ0) is 19.4. The van der Waals surface area contributed by atoms with Gasteiger partial charge in [-0.2, -0.15) is 0 Å². The molecule has 0 bridgehead atoms. The highest BCUT2D eigenvalue weighted by Crippen LogP contribution is 2.20. The van der Waals surface area contributed by atoms with Crippen molar-refractivity contribution < 1.29 is 14.3 Å². The Kier molecular flexibility index (Phi) is 6.23. The Morgan fingerprint density at radius 1 is 1.30 bits per heavy atom. The second kappa shape index (κ2) is 8.63. The molecule has 0 spiro atoms. The van der Waals surface area contributed by atoms with E-state index in [9.17, 15) is 9.90 Å². The molecule has 3 heterocycles. The minimum absolute atomic E-state index is 0.0869. The molecule has 0 radical (unpaired) electrons. The molecule has 1 amide bonds. The number of pyridine rings is 1. The maximum absolute atomic E-state index is 12.9. The molecule has 0 aliphatic carbocycles. The van der Waals surface area contributed by atoms with Gasteiger partial charge in [-0.3, -0.25) is 14.7 Å². The fourth-order valence-electron chi connectivity index (χ4n) is 3.55. The summed E-state index contributed by atoms with van der Waals surface area (Å²) in [4.78, 5) is 25.9. The molecule has 27 heavy (non-hydrogen) atoms. The number of hydrogen-bond acceptors (Lipinski definition) is 6. The smallest absolute Gasteiger partial charge is 0.291 e. The van der Waals surface area contributed by atoms with Crippen LogP contribution in [-0.2, 0) is 13.0 Å². The summed E-state index contributed by atoms with van der Waals surface area (Å²) in [5.41, 5.74) is 2.64. The lowest BCUT2D eigenvalue weighted by Crippen LogP contribution is -2.54. The molecule has 146 valence electrons. The monoisotopic (exact) mass is 372 g/mol. The maximum Gasteiger partial charge on any atom is 0.291 e. The summed E-state index contributed by atoms with van der Waals surface area (Å²) in [5, 5.41) is 9.49. The molecular weight excluding hydrogens is 344 g/mol. The molecule has 2 aromatic heterocycles. The first kappa shape index (κ1) is 19.5. The van der Waals surface area contributed by atoms with Crippen LogP contribution in [0.2, 0.25) is 0 Å². The highest BCUT2D eigenvalue weighted by molar-refractivity contribution is 5.92. The van der Waals surface area contributed by atoms with E-state index in [1.807, 2.05) is 36.9 Å². The normalized spacial score (nSPS) is 18.1. The van der Waals surface area contributed by atoms with E-state index in [2.05, 4.69) is 14.9 Å². The fourth-order valence-corrected chi connectivity index (χ4v) is 3.55. The van der Waals surface area contributed by atoms with Gasteiger partial charge >= 0.3 is 0 Å². The number of aryl methyl sites for hydroxylation is 3. The molecule has 1 aliphatic heterocycles. The largest absolute Gasteiger partial charge is 0.435 e. The number of nitrogens with zero attached hydrogens (tertiary/aromatic N) is 4. The standard InChI is InChI=1S/C20H28N4O3/c1-4-18-22-15(3)19(27-18)20(26)24-10-9-23(17(13-24)8-11-25)12-16-7-5-6-14(2)21-16/h5-7,17,25H,4,8-13H2,1-3H3/t17-/m1/s1. The average molecular weight is 372 g/mol. The minimum atomic E-state index is -0.115. The minimum Gasteiger partial charge on any atom is -0.435 e. The molecule has 1 aliphatic rings. The lowest BCUT2D eigenvalue weighted by Gasteiger charge is -2.41. The number of oxazole rings is 1. The van der Waals surface area contributed by atoms with Gasteiger partial charge in [-0.25, -0.2) is 4.98 Å². The highest BCUT2D eigenvalue weighted by Gasteiger charge is 2.32. The summed E-state index contributed by atoms with van der Waals surface area (Å²) in [7, 11) is 0. The Morgan fingerprint density at radius 2 is 2.11 bits per heavy atom. The zero-order valence-corrected chi connectivity index (χ0v) is 16.3. The first-order valence-electron chi connectivity index (χ1n) is 9.54. The van der Waals surface area contributed by atoms with Crippen LogP contribution in [-0.4, -0.2) is 63.1 Å². The van der Waals surface area contributed by atoms with E-state index in [0.29, 0.717) is 43.3 Å². The summed E-state index contributed by atoms with van der Waals surface area (Å²) in [6.07, 6.45) is 1.28. The van der Waals surface area contributed by atoms with Gasteiger partial charge in [0.05, 0.1) is 11.4 Å². The number of carbonyl (C=O) groups is 1. The van der Waals surface area contributed by atoms with Crippen LogP contribution >= 0.6 is 0 Å². The lowest BCUT2D eigenvalue weighted by molar-refractivity contribution is 0.0366. The third-order valence-electron chi connectivity index (χ3n) is 5.00. The van der Waals surface area contributed by atoms with Gasteiger partial charge in [0.2, 0.25) is 5.76 Å². The summed E-state index contributed by atoms with van der Waals surface area (Å²) in [6, 6.07) is 6.10. The number of carbonyl (C=O) groups excluding carboxylic acids is 1. The zero-order valence-electron chi connectivity index (χ0n) is 16.3. The van der Waals surface area contributed by atoms with E-state index in [1.165, 1.54) is 0 Å². The summed E-state index contributed by atoms with van der Waals surface area (Å²) in [6.45, 7) is 8.47. The number of rotatable bonds is 6. The van der Waals surface area contributed by atoms with Crippen molar-refractivity contribution in [3.05, 3.63) is 46.9 Å². The molecule has 7 nitrogen and oxygen atoms in total. The van der Waals surface area contributed by atoms with Crippen molar-refractivity contribution >= 4 is 5.91 Å². The van der Waals surface area contributed by atoms with Crippen molar-refractivity contribution in [2.45, 2.75) is 46.2 Å². The Labute approximate surface area is 160 Å². The van der Waals surface area contributed by atoms with Crippen LogP contribution in [0, 0.1) is 13.8 Å². The van der Waals surface area contributed by atoms with Crippen molar-refractivity contribution in [3.63, 3.8) is 0 Å². The number of aliphatic hydroxyl groups is 1. The molecule has 0 unspecified atom stereocenters. The van der Waals surface area contributed by atoms with Crippen molar-refractivity contribution in [2.24, 2.45) is 0 Å². The molecule has 0 aromatic carbocycles. The SMILES string of the molecule is CCc1nc(C)c(C(=O)N2CCN(Cc3cccc(C)n3)[C@H](CCO)C2)o1. The van der Waals surface area contributed by atoms with Gasteiger partial charge in [0, 0.05) is 50.9 Å². The van der Waals surface area contributed by atoms with E-state index >= 15 is 0 Å². The first-order valence-corrected chi connectivity index (χ1v) is 9.54. The number of hydrogen-bond donors (Lipinski definition) is 1. The third kappa shape index (κ3) is 4.54. The van der Waals surface area contributed by atoms with Crippen molar-refractivity contribution in [2.75, 3.05) is 26.2 Å². The molecule has 2 aromatic rings. The predicted octanol–water partition coefficient (Wildman–Crippen LogP) is 1.96. The summed E-state index contributed by atoms with van der Waals surface area (Å²) in [5.74, 6) is 0.811. The van der Waals surface area contributed by atoms with Crippen molar-refractivity contribution in [1.82, 2.24) is 19.8 Å². The van der Waals surface area contributed by atoms with Crippen LogP contribution < -0.4 is 0 Å². The van der Waals surface area contributed by atoms with E-state index in [4.69, 9.17) is 4.42 Å². The maximum atomic E-state index is 12.9. The molecule has 1 N–H and O–H groups in total.